The molecule has 0 aromatic carbocycles. The Bertz CT molecular complexity index is 528. The lowest BCUT2D eigenvalue weighted by molar-refractivity contribution is -0.120. The Kier molecular flexibility index (Phi) is 5.56. The highest BCUT2D eigenvalue weighted by molar-refractivity contribution is 7.99. The largest absolute Gasteiger partial charge is 0.352 e. The molecule has 0 bridgehead atoms. The molecule has 0 saturated heterocycles. The van der Waals surface area contributed by atoms with Crippen LogP contribution in [0.3, 0.4) is 0 Å². The summed E-state index contributed by atoms with van der Waals surface area (Å²) in [6, 6.07) is 0.729. The SMILES string of the molecule is CC1CCCC(NC(=O)CSc2nnnn2C2CCCC2)C1C. The summed E-state index contributed by atoms with van der Waals surface area (Å²) >= 11 is 1.45. The summed E-state index contributed by atoms with van der Waals surface area (Å²) in [5.74, 6) is 1.74. The lowest BCUT2D eigenvalue weighted by Crippen LogP contribution is -2.44. The number of nitrogens with one attached hydrogen (secondary N) is 1. The quantitative estimate of drug-likeness (QED) is 0.837. The predicted molar refractivity (Wildman–Crippen MR) is 90.2 cm³/mol. The molecule has 2 aliphatic carbocycles. The average molecular weight is 337 g/mol. The van der Waals surface area contributed by atoms with E-state index in [0.717, 1.165) is 24.4 Å². The summed E-state index contributed by atoms with van der Waals surface area (Å²) in [6.07, 6.45) is 8.36. The van der Waals surface area contributed by atoms with Gasteiger partial charge in [0.15, 0.2) is 0 Å². The van der Waals surface area contributed by atoms with Gasteiger partial charge in [0.05, 0.1) is 11.8 Å². The van der Waals surface area contributed by atoms with Crippen LogP contribution in [0, 0.1) is 11.8 Å². The van der Waals surface area contributed by atoms with Crippen LogP contribution in [0.25, 0.3) is 0 Å². The third kappa shape index (κ3) is 4.05. The third-order valence-electron chi connectivity index (χ3n) is 5.52. The van der Waals surface area contributed by atoms with Gasteiger partial charge in [-0.15, -0.1) is 5.10 Å². The summed E-state index contributed by atoms with van der Waals surface area (Å²) in [5, 5.41) is 16.0. The van der Waals surface area contributed by atoms with Crippen LogP contribution in [-0.2, 0) is 4.79 Å². The lowest BCUT2D eigenvalue weighted by Gasteiger charge is -2.34. The van der Waals surface area contributed by atoms with E-state index in [2.05, 4.69) is 34.7 Å². The van der Waals surface area contributed by atoms with E-state index in [1.165, 1.54) is 37.4 Å². The van der Waals surface area contributed by atoms with Crippen molar-refractivity contribution in [1.29, 1.82) is 0 Å². The van der Waals surface area contributed by atoms with E-state index in [1.54, 1.807) is 0 Å². The van der Waals surface area contributed by atoms with Gasteiger partial charge < -0.3 is 5.32 Å². The van der Waals surface area contributed by atoms with Crippen LogP contribution in [0.2, 0.25) is 0 Å². The molecule has 2 fully saturated rings. The molecule has 1 heterocycles. The Morgan fingerprint density at radius 3 is 2.78 bits per heavy atom. The number of nitrogens with zero attached hydrogens (tertiary/aromatic N) is 4. The maximum absolute atomic E-state index is 12.3. The Morgan fingerprint density at radius 2 is 2.00 bits per heavy atom. The minimum Gasteiger partial charge on any atom is -0.352 e. The van der Waals surface area contributed by atoms with Gasteiger partial charge in [-0.1, -0.05) is 51.3 Å². The first-order chi connectivity index (χ1) is 11.1. The second-order valence-corrected chi connectivity index (χ2v) is 8.02. The summed E-state index contributed by atoms with van der Waals surface area (Å²) in [7, 11) is 0. The molecule has 6 nitrogen and oxygen atoms in total. The molecule has 1 aromatic heterocycles. The Labute approximate surface area is 142 Å². The van der Waals surface area contributed by atoms with Gasteiger partial charge in [-0.3, -0.25) is 4.79 Å². The van der Waals surface area contributed by atoms with E-state index >= 15 is 0 Å². The Hall–Kier alpha value is -1.11. The van der Waals surface area contributed by atoms with E-state index in [-0.39, 0.29) is 5.91 Å². The van der Waals surface area contributed by atoms with E-state index < -0.39 is 0 Å². The number of amides is 1. The van der Waals surface area contributed by atoms with E-state index in [9.17, 15) is 4.79 Å². The molecule has 0 aliphatic heterocycles. The zero-order valence-corrected chi connectivity index (χ0v) is 14.9. The van der Waals surface area contributed by atoms with Crippen molar-refractivity contribution < 1.29 is 4.79 Å². The zero-order valence-electron chi connectivity index (χ0n) is 14.1. The second-order valence-electron chi connectivity index (χ2n) is 7.07. The first-order valence-corrected chi connectivity index (χ1v) is 9.83. The van der Waals surface area contributed by atoms with Crippen LogP contribution < -0.4 is 5.32 Å². The Morgan fingerprint density at radius 1 is 1.22 bits per heavy atom. The molecule has 3 unspecified atom stereocenters. The number of thioether (sulfide) groups is 1. The van der Waals surface area contributed by atoms with Crippen molar-refractivity contribution in [3.8, 4) is 0 Å². The molecule has 1 amide bonds. The van der Waals surface area contributed by atoms with Crippen LogP contribution in [0.5, 0.6) is 0 Å². The molecule has 3 atom stereocenters. The smallest absolute Gasteiger partial charge is 0.230 e. The van der Waals surface area contributed by atoms with Gasteiger partial charge in [-0.2, -0.15) is 0 Å². The monoisotopic (exact) mass is 337 g/mol. The van der Waals surface area contributed by atoms with Crippen LogP contribution in [0.4, 0.5) is 0 Å². The first-order valence-electron chi connectivity index (χ1n) is 8.85. The number of tetrazole rings is 1. The van der Waals surface area contributed by atoms with Crippen molar-refractivity contribution in [3.05, 3.63) is 0 Å². The lowest BCUT2D eigenvalue weighted by atomic mass is 9.78. The number of rotatable bonds is 5. The minimum atomic E-state index is 0.0990. The molecular weight excluding hydrogens is 310 g/mol. The van der Waals surface area contributed by atoms with Crippen LogP contribution in [0.1, 0.15) is 64.8 Å². The van der Waals surface area contributed by atoms with Gasteiger partial charge >= 0.3 is 0 Å². The maximum atomic E-state index is 12.3. The van der Waals surface area contributed by atoms with Crippen LogP contribution in [0.15, 0.2) is 5.16 Å². The highest BCUT2D eigenvalue weighted by Crippen LogP contribution is 2.32. The van der Waals surface area contributed by atoms with E-state index in [1.807, 2.05) is 4.68 Å². The van der Waals surface area contributed by atoms with Gasteiger partial charge in [0, 0.05) is 6.04 Å². The van der Waals surface area contributed by atoms with Crippen molar-refractivity contribution in [2.45, 2.75) is 76.0 Å². The standard InChI is InChI=1S/C16H27N5OS/c1-11-6-5-9-14(12(11)2)17-15(22)10-23-16-18-19-20-21(16)13-7-3-4-8-13/h11-14H,3-10H2,1-2H3,(H,17,22). The summed E-state index contributed by atoms with van der Waals surface area (Å²) in [4.78, 5) is 12.3. The molecular formula is C16H27N5OS. The van der Waals surface area contributed by atoms with Gasteiger partial charge in [0.2, 0.25) is 11.1 Å². The van der Waals surface area contributed by atoms with Crippen molar-refractivity contribution in [2.24, 2.45) is 11.8 Å². The van der Waals surface area contributed by atoms with E-state index in [0.29, 0.717) is 29.7 Å². The topological polar surface area (TPSA) is 72.7 Å². The van der Waals surface area contributed by atoms with Gasteiger partial charge in [0.1, 0.15) is 0 Å². The fourth-order valence-corrected chi connectivity index (χ4v) is 4.58. The predicted octanol–water partition coefficient (Wildman–Crippen LogP) is 2.82. The average Bonchev–Trinajstić information content (AvgIpc) is 3.20. The molecule has 0 radical (unpaired) electrons. The number of carbonyl (C=O) groups is 1. The van der Waals surface area contributed by atoms with Crippen molar-refractivity contribution in [1.82, 2.24) is 25.5 Å². The van der Waals surface area contributed by atoms with Gasteiger partial charge in [0.25, 0.3) is 0 Å². The number of hydrogen-bond donors (Lipinski definition) is 1. The fourth-order valence-electron chi connectivity index (χ4n) is 3.82. The molecule has 23 heavy (non-hydrogen) atoms. The highest BCUT2D eigenvalue weighted by Gasteiger charge is 2.28. The molecule has 0 spiro atoms. The fraction of sp³-hybridized carbons (Fsp3) is 0.875. The number of hydrogen-bond acceptors (Lipinski definition) is 5. The summed E-state index contributed by atoms with van der Waals surface area (Å²) in [6.45, 7) is 4.54. The van der Waals surface area contributed by atoms with Crippen molar-refractivity contribution >= 4 is 17.7 Å². The van der Waals surface area contributed by atoms with Crippen LogP contribution >= 0.6 is 11.8 Å². The third-order valence-corrected chi connectivity index (χ3v) is 6.45. The molecule has 2 saturated carbocycles. The first kappa shape index (κ1) is 16.7. The van der Waals surface area contributed by atoms with Gasteiger partial charge in [-0.05, 0) is 41.5 Å². The normalized spacial score (nSPS) is 28.9. The number of aromatic nitrogens is 4. The molecule has 7 heteroatoms. The highest BCUT2D eigenvalue weighted by atomic mass is 32.2. The Balaban J connectivity index is 1.50. The zero-order chi connectivity index (χ0) is 16.2. The number of carbonyl (C=O) groups excluding carboxylic acids is 1. The molecule has 1 N–H and O–H groups in total. The molecule has 3 rings (SSSR count). The van der Waals surface area contributed by atoms with Gasteiger partial charge in [-0.25, -0.2) is 4.68 Å². The van der Waals surface area contributed by atoms with E-state index in [4.69, 9.17) is 0 Å². The van der Waals surface area contributed by atoms with Crippen LogP contribution in [-0.4, -0.2) is 37.9 Å². The summed E-state index contributed by atoms with van der Waals surface area (Å²) < 4.78 is 1.91. The molecule has 1 aromatic rings. The summed E-state index contributed by atoms with van der Waals surface area (Å²) in [5.41, 5.74) is 0. The maximum Gasteiger partial charge on any atom is 0.230 e. The van der Waals surface area contributed by atoms with Crippen molar-refractivity contribution in [3.63, 3.8) is 0 Å². The van der Waals surface area contributed by atoms with Crippen molar-refractivity contribution in [2.75, 3.05) is 5.75 Å². The minimum absolute atomic E-state index is 0.0990. The second kappa shape index (κ2) is 7.64. The molecule has 128 valence electrons. The molecule has 2 aliphatic rings.